The first kappa shape index (κ1) is 11.1. The summed E-state index contributed by atoms with van der Waals surface area (Å²) >= 11 is 0. The fourth-order valence-electron chi connectivity index (χ4n) is 3.47. The van der Waals surface area contributed by atoms with Crippen molar-refractivity contribution in [1.82, 2.24) is 5.32 Å². The number of carbonyl (C=O) groups excluding carboxylic acids is 1. The van der Waals surface area contributed by atoms with Crippen molar-refractivity contribution in [1.29, 1.82) is 0 Å². The second-order valence-electron chi connectivity index (χ2n) is 4.97. The molecule has 1 aromatic carbocycles. The van der Waals surface area contributed by atoms with E-state index in [1.807, 2.05) is 4.90 Å². The van der Waals surface area contributed by atoms with Crippen molar-refractivity contribution in [3.63, 3.8) is 0 Å². The number of fused-ring (bicyclic) bond motifs is 2. The first-order valence-electron chi connectivity index (χ1n) is 6.00. The number of halogens is 1. The Morgan fingerprint density at radius 3 is 2.94 bits per heavy atom. The second kappa shape index (κ2) is 3.72. The summed E-state index contributed by atoms with van der Waals surface area (Å²) in [5.41, 5.74) is 3.98. The molecule has 4 heteroatoms. The lowest BCUT2D eigenvalue weighted by molar-refractivity contribution is -0.122. The van der Waals surface area contributed by atoms with Crippen molar-refractivity contribution in [2.24, 2.45) is 5.92 Å². The fraction of sp³-hybridized carbons (Fsp3) is 0.462. The minimum Gasteiger partial charge on any atom is -0.315 e. The average Bonchev–Trinajstić information content (AvgIpc) is 2.93. The summed E-state index contributed by atoms with van der Waals surface area (Å²) in [7, 11) is 0. The van der Waals surface area contributed by atoms with Gasteiger partial charge in [0.05, 0.1) is 11.6 Å². The van der Waals surface area contributed by atoms with Gasteiger partial charge < -0.3 is 10.2 Å². The van der Waals surface area contributed by atoms with E-state index in [9.17, 15) is 4.79 Å². The van der Waals surface area contributed by atoms with Crippen molar-refractivity contribution < 1.29 is 4.79 Å². The van der Waals surface area contributed by atoms with E-state index in [1.54, 1.807) is 0 Å². The lowest BCUT2D eigenvalue weighted by Gasteiger charge is -2.33. The summed E-state index contributed by atoms with van der Waals surface area (Å²) in [5.74, 6) is 0.935. The Hall–Kier alpha value is -1.06. The molecule has 0 saturated carbocycles. The van der Waals surface area contributed by atoms with Gasteiger partial charge in [-0.05, 0) is 17.5 Å². The first-order valence-corrected chi connectivity index (χ1v) is 6.00. The van der Waals surface area contributed by atoms with Gasteiger partial charge in [0.1, 0.15) is 0 Å². The van der Waals surface area contributed by atoms with Crippen molar-refractivity contribution in [3.8, 4) is 0 Å². The molecule has 0 aromatic heterocycles. The molecule has 0 spiro atoms. The third kappa shape index (κ3) is 1.30. The third-order valence-electron chi connectivity index (χ3n) is 4.22. The predicted molar refractivity (Wildman–Crippen MR) is 68.8 cm³/mol. The number of hydrogen-bond acceptors (Lipinski definition) is 2. The SMILES string of the molecule is Cl.O=C1[C@H]2CNC[C@H]2c2cccc3c2N1CC3. The highest BCUT2D eigenvalue weighted by Gasteiger charge is 2.45. The summed E-state index contributed by atoms with van der Waals surface area (Å²) in [4.78, 5) is 14.3. The van der Waals surface area contributed by atoms with Gasteiger partial charge in [0.15, 0.2) is 0 Å². The Kier molecular flexibility index (Phi) is 2.42. The van der Waals surface area contributed by atoms with E-state index in [4.69, 9.17) is 0 Å². The highest BCUT2D eigenvalue weighted by molar-refractivity contribution is 6.01. The zero-order chi connectivity index (χ0) is 10.7. The van der Waals surface area contributed by atoms with Crippen molar-refractivity contribution in [2.45, 2.75) is 12.3 Å². The third-order valence-corrected chi connectivity index (χ3v) is 4.22. The average molecular weight is 251 g/mol. The van der Waals surface area contributed by atoms with Crippen LogP contribution in [-0.4, -0.2) is 25.5 Å². The molecule has 1 saturated heterocycles. The predicted octanol–water partition coefficient (Wildman–Crippen LogP) is 1.31. The number of hydrogen-bond donors (Lipinski definition) is 1. The number of para-hydroxylation sites is 1. The van der Waals surface area contributed by atoms with E-state index in [0.717, 1.165) is 26.1 Å². The van der Waals surface area contributed by atoms with E-state index < -0.39 is 0 Å². The van der Waals surface area contributed by atoms with E-state index >= 15 is 0 Å². The molecule has 1 amide bonds. The number of carbonyl (C=O) groups is 1. The summed E-state index contributed by atoms with van der Waals surface area (Å²) in [6, 6.07) is 6.51. The van der Waals surface area contributed by atoms with Crippen LogP contribution in [0.2, 0.25) is 0 Å². The summed E-state index contributed by atoms with van der Waals surface area (Å²) in [6.07, 6.45) is 1.03. The van der Waals surface area contributed by atoms with Crippen LogP contribution in [-0.2, 0) is 11.2 Å². The molecule has 0 unspecified atom stereocenters. The second-order valence-corrected chi connectivity index (χ2v) is 4.97. The van der Waals surface area contributed by atoms with Crippen molar-refractivity contribution >= 4 is 24.0 Å². The Labute approximate surface area is 107 Å². The minimum absolute atomic E-state index is 0. The topological polar surface area (TPSA) is 32.3 Å². The van der Waals surface area contributed by atoms with Gasteiger partial charge in [-0.15, -0.1) is 12.4 Å². The summed E-state index contributed by atoms with van der Waals surface area (Å²) in [5, 5.41) is 3.35. The molecule has 3 heterocycles. The molecular formula is C13H15ClN2O. The van der Waals surface area contributed by atoms with Crippen LogP contribution in [0.5, 0.6) is 0 Å². The molecule has 3 aliphatic rings. The number of anilines is 1. The normalized spacial score (nSPS) is 28.7. The maximum atomic E-state index is 12.3. The zero-order valence-corrected chi connectivity index (χ0v) is 10.3. The molecule has 1 N–H and O–H groups in total. The molecule has 2 atom stereocenters. The lowest BCUT2D eigenvalue weighted by atomic mass is 9.83. The molecule has 4 rings (SSSR count). The van der Waals surface area contributed by atoms with Gasteiger partial charge >= 0.3 is 0 Å². The van der Waals surface area contributed by atoms with Crippen LogP contribution in [0.1, 0.15) is 17.0 Å². The quantitative estimate of drug-likeness (QED) is 0.753. The lowest BCUT2D eigenvalue weighted by Crippen LogP contribution is -2.41. The van der Waals surface area contributed by atoms with Crippen LogP contribution in [0, 0.1) is 5.92 Å². The van der Waals surface area contributed by atoms with Gasteiger partial charge in [-0.2, -0.15) is 0 Å². The van der Waals surface area contributed by atoms with Gasteiger partial charge in [0.25, 0.3) is 0 Å². The molecule has 0 aliphatic carbocycles. The van der Waals surface area contributed by atoms with Crippen LogP contribution in [0.4, 0.5) is 5.69 Å². The highest BCUT2D eigenvalue weighted by atomic mass is 35.5. The standard InChI is InChI=1S/C13H14N2O.ClH/c16-13-11-7-14-6-10(11)9-3-1-2-8-4-5-15(13)12(8)9;/h1-3,10-11,14H,4-7H2;1H/t10-,11-;/m0./s1. The summed E-state index contributed by atoms with van der Waals surface area (Å²) < 4.78 is 0. The number of benzene rings is 1. The number of nitrogens with zero attached hydrogens (tertiary/aromatic N) is 1. The molecular weight excluding hydrogens is 236 g/mol. The van der Waals surface area contributed by atoms with Gasteiger partial charge in [-0.3, -0.25) is 4.79 Å². The maximum absolute atomic E-state index is 12.3. The minimum atomic E-state index is 0. The molecule has 3 aliphatic heterocycles. The molecule has 17 heavy (non-hydrogen) atoms. The molecule has 1 fully saturated rings. The van der Waals surface area contributed by atoms with E-state index in [1.165, 1.54) is 16.8 Å². The van der Waals surface area contributed by atoms with E-state index in [-0.39, 0.29) is 18.3 Å². The van der Waals surface area contributed by atoms with Crippen LogP contribution in [0.25, 0.3) is 0 Å². The highest BCUT2D eigenvalue weighted by Crippen LogP contribution is 2.45. The zero-order valence-electron chi connectivity index (χ0n) is 9.48. The Morgan fingerprint density at radius 1 is 1.24 bits per heavy atom. The molecule has 0 radical (unpaired) electrons. The summed E-state index contributed by atoms with van der Waals surface area (Å²) in [6.45, 7) is 2.69. The van der Waals surface area contributed by atoms with Crippen LogP contribution < -0.4 is 10.2 Å². The maximum Gasteiger partial charge on any atom is 0.232 e. The monoisotopic (exact) mass is 250 g/mol. The van der Waals surface area contributed by atoms with Crippen molar-refractivity contribution in [3.05, 3.63) is 29.3 Å². The Morgan fingerprint density at radius 2 is 2.06 bits per heavy atom. The van der Waals surface area contributed by atoms with Gasteiger partial charge in [0, 0.05) is 25.6 Å². The smallest absolute Gasteiger partial charge is 0.232 e. The van der Waals surface area contributed by atoms with Gasteiger partial charge in [-0.1, -0.05) is 18.2 Å². The van der Waals surface area contributed by atoms with E-state index in [2.05, 4.69) is 23.5 Å². The largest absolute Gasteiger partial charge is 0.315 e. The van der Waals surface area contributed by atoms with E-state index in [0.29, 0.717) is 11.8 Å². The number of nitrogens with one attached hydrogen (secondary N) is 1. The molecule has 90 valence electrons. The van der Waals surface area contributed by atoms with Crippen LogP contribution >= 0.6 is 12.4 Å². The molecule has 1 aromatic rings. The van der Waals surface area contributed by atoms with Gasteiger partial charge in [-0.25, -0.2) is 0 Å². The Bertz CT molecular complexity index is 488. The van der Waals surface area contributed by atoms with Crippen molar-refractivity contribution in [2.75, 3.05) is 24.5 Å². The van der Waals surface area contributed by atoms with Crippen LogP contribution in [0.15, 0.2) is 18.2 Å². The fourth-order valence-corrected chi connectivity index (χ4v) is 3.47. The number of rotatable bonds is 0. The molecule has 3 nitrogen and oxygen atoms in total. The number of amides is 1. The first-order chi connectivity index (χ1) is 7.86. The molecule has 0 bridgehead atoms. The van der Waals surface area contributed by atoms with Crippen LogP contribution in [0.3, 0.4) is 0 Å². The Balaban J connectivity index is 0.000000902. The van der Waals surface area contributed by atoms with Gasteiger partial charge in [0.2, 0.25) is 5.91 Å².